The summed E-state index contributed by atoms with van der Waals surface area (Å²) in [4.78, 5) is 19.6. The van der Waals surface area contributed by atoms with E-state index >= 15 is 0 Å². The number of halogens is 2. The zero-order valence-corrected chi connectivity index (χ0v) is 23.2. The van der Waals surface area contributed by atoms with E-state index in [-0.39, 0.29) is 17.4 Å². The van der Waals surface area contributed by atoms with Gasteiger partial charge < -0.3 is 9.47 Å². The van der Waals surface area contributed by atoms with Crippen LogP contribution in [-0.4, -0.2) is 18.3 Å². The molecule has 0 radical (unpaired) electrons. The Kier molecular flexibility index (Phi) is 6.53. The molecule has 1 aliphatic heterocycles. The first-order valence-electron chi connectivity index (χ1n) is 12.4. The highest BCUT2D eigenvalue weighted by Gasteiger charge is 2.32. The van der Waals surface area contributed by atoms with Gasteiger partial charge in [0.2, 0.25) is 0 Å². The summed E-state index contributed by atoms with van der Waals surface area (Å²) in [5.41, 5.74) is 5.88. The second kappa shape index (κ2) is 10.0. The summed E-state index contributed by atoms with van der Waals surface area (Å²) < 4.78 is 28.2. The third-order valence-corrected chi connectivity index (χ3v) is 8.47. The van der Waals surface area contributed by atoms with Gasteiger partial charge in [-0.25, -0.2) is 9.38 Å². The zero-order valence-electron chi connectivity index (χ0n) is 20.8. The Hall–Kier alpha value is -3.49. The van der Waals surface area contributed by atoms with Crippen molar-refractivity contribution < 1.29 is 13.9 Å². The molecule has 8 heteroatoms. The Morgan fingerprint density at radius 1 is 1.16 bits per heavy atom. The maximum Gasteiger partial charge on any atom is 0.271 e. The topological polar surface area (TPSA) is 52.8 Å². The summed E-state index contributed by atoms with van der Waals surface area (Å²) in [7, 11) is 1.59. The number of hydrogen-bond donors (Lipinski definition) is 0. The summed E-state index contributed by atoms with van der Waals surface area (Å²) in [5.74, 6) is 0.896. The number of fused-ring (bicyclic) bond motifs is 3. The Balaban J connectivity index is 1.57. The minimum atomic E-state index is -0.348. The number of benzene rings is 3. The molecule has 0 bridgehead atoms. The molecule has 1 aliphatic carbocycles. The van der Waals surface area contributed by atoms with Crippen LogP contribution < -0.4 is 24.4 Å². The number of aryl methyl sites for hydroxylation is 1. The van der Waals surface area contributed by atoms with Crippen LogP contribution in [0.4, 0.5) is 4.39 Å². The van der Waals surface area contributed by atoms with E-state index in [0.29, 0.717) is 27.4 Å². The van der Waals surface area contributed by atoms with E-state index in [9.17, 15) is 9.18 Å². The summed E-state index contributed by atoms with van der Waals surface area (Å²) in [6.07, 6.45) is 3.50. The third-order valence-electron chi connectivity index (χ3n) is 6.90. The van der Waals surface area contributed by atoms with Crippen LogP contribution in [0.1, 0.15) is 41.6 Å². The molecule has 1 unspecified atom stereocenters. The van der Waals surface area contributed by atoms with Crippen LogP contribution in [0.15, 0.2) is 80.5 Å². The van der Waals surface area contributed by atoms with Crippen molar-refractivity contribution in [1.82, 2.24) is 4.57 Å². The number of ether oxygens (including phenoxy) is 2. The summed E-state index contributed by atoms with van der Waals surface area (Å²) in [6, 6.07) is 18.1. The van der Waals surface area contributed by atoms with Crippen molar-refractivity contribution in [2.45, 2.75) is 25.8 Å². The maximum absolute atomic E-state index is 13.9. The van der Waals surface area contributed by atoms with Gasteiger partial charge >= 0.3 is 0 Å². The van der Waals surface area contributed by atoms with Crippen molar-refractivity contribution in [3.05, 3.63) is 118 Å². The molecule has 38 heavy (non-hydrogen) atoms. The Labute approximate surface area is 231 Å². The Morgan fingerprint density at radius 2 is 1.95 bits per heavy atom. The predicted octanol–water partition coefficient (Wildman–Crippen LogP) is 5.63. The second-order valence-corrected chi connectivity index (χ2v) is 11.0. The third kappa shape index (κ3) is 4.22. The SMILES string of the molecule is CCOc1c(Br)cc(C=c2sc3n(c2=O)C(c2ccc(F)cc2)C2=C(N=3)c3ccccc3CC2)cc1OC. The fourth-order valence-corrected chi connectivity index (χ4v) is 6.80. The molecule has 0 saturated carbocycles. The highest BCUT2D eigenvalue weighted by atomic mass is 79.9. The minimum Gasteiger partial charge on any atom is -0.493 e. The maximum atomic E-state index is 13.9. The molecule has 0 N–H and O–H groups in total. The Morgan fingerprint density at radius 3 is 2.71 bits per heavy atom. The van der Waals surface area contributed by atoms with Crippen LogP contribution in [0.3, 0.4) is 0 Å². The molecule has 3 aromatic carbocycles. The van der Waals surface area contributed by atoms with Crippen LogP contribution in [0.2, 0.25) is 0 Å². The molecule has 0 amide bonds. The van der Waals surface area contributed by atoms with Crippen molar-refractivity contribution in [2.75, 3.05) is 13.7 Å². The van der Waals surface area contributed by atoms with E-state index in [0.717, 1.165) is 45.3 Å². The van der Waals surface area contributed by atoms with Gasteiger partial charge in [-0.05, 0) is 88.3 Å². The number of rotatable bonds is 5. The van der Waals surface area contributed by atoms with Crippen LogP contribution in [0.25, 0.3) is 11.8 Å². The number of methoxy groups -OCH3 is 1. The van der Waals surface area contributed by atoms with E-state index in [4.69, 9.17) is 14.5 Å². The van der Waals surface area contributed by atoms with Crippen molar-refractivity contribution in [2.24, 2.45) is 4.99 Å². The van der Waals surface area contributed by atoms with Crippen molar-refractivity contribution in [1.29, 1.82) is 0 Å². The van der Waals surface area contributed by atoms with Crippen molar-refractivity contribution in [3.8, 4) is 11.5 Å². The van der Waals surface area contributed by atoms with Gasteiger partial charge in [-0.15, -0.1) is 0 Å². The number of allylic oxidation sites excluding steroid dienone is 1. The van der Waals surface area contributed by atoms with Gasteiger partial charge in [0.05, 0.1) is 34.5 Å². The summed E-state index contributed by atoms with van der Waals surface area (Å²) in [6.45, 7) is 2.42. The van der Waals surface area contributed by atoms with Crippen molar-refractivity contribution in [3.63, 3.8) is 0 Å². The molecular formula is C30H24BrFN2O3S. The molecule has 0 spiro atoms. The van der Waals surface area contributed by atoms with Crippen LogP contribution in [0, 0.1) is 5.82 Å². The van der Waals surface area contributed by atoms with Crippen LogP contribution in [0.5, 0.6) is 11.5 Å². The van der Waals surface area contributed by atoms with Gasteiger partial charge in [-0.3, -0.25) is 9.36 Å². The van der Waals surface area contributed by atoms with E-state index in [2.05, 4.69) is 28.1 Å². The lowest BCUT2D eigenvalue weighted by atomic mass is 9.83. The zero-order chi connectivity index (χ0) is 26.4. The van der Waals surface area contributed by atoms with Crippen molar-refractivity contribution >= 4 is 39.0 Å². The molecule has 4 aromatic rings. The summed E-state index contributed by atoms with van der Waals surface area (Å²) in [5, 5.41) is 0. The molecule has 1 atom stereocenters. The molecule has 6 rings (SSSR count). The fraction of sp³-hybridized carbons (Fsp3) is 0.200. The highest BCUT2D eigenvalue weighted by molar-refractivity contribution is 9.10. The van der Waals surface area contributed by atoms with Gasteiger partial charge in [-0.1, -0.05) is 47.7 Å². The second-order valence-electron chi connectivity index (χ2n) is 9.13. The lowest BCUT2D eigenvalue weighted by Gasteiger charge is -2.30. The largest absolute Gasteiger partial charge is 0.493 e. The monoisotopic (exact) mass is 590 g/mol. The highest BCUT2D eigenvalue weighted by Crippen LogP contribution is 2.41. The summed E-state index contributed by atoms with van der Waals surface area (Å²) >= 11 is 4.93. The van der Waals surface area contributed by atoms with E-state index < -0.39 is 0 Å². The van der Waals surface area contributed by atoms with E-state index in [1.807, 2.05) is 37.3 Å². The lowest BCUT2D eigenvalue weighted by molar-refractivity contribution is 0.309. The molecule has 0 fully saturated rings. The van der Waals surface area contributed by atoms with Gasteiger partial charge in [0.15, 0.2) is 16.3 Å². The number of hydrogen-bond acceptors (Lipinski definition) is 5. The van der Waals surface area contributed by atoms with E-state index in [1.54, 1.807) is 23.8 Å². The molecule has 5 nitrogen and oxygen atoms in total. The lowest BCUT2D eigenvalue weighted by Crippen LogP contribution is -2.38. The fourth-order valence-electron chi connectivity index (χ4n) is 5.23. The number of aromatic nitrogens is 1. The molecule has 2 heterocycles. The van der Waals surface area contributed by atoms with Gasteiger partial charge in [-0.2, -0.15) is 0 Å². The quantitative estimate of drug-likeness (QED) is 0.303. The smallest absolute Gasteiger partial charge is 0.271 e. The van der Waals surface area contributed by atoms with E-state index in [1.165, 1.54) is 29.0 Å². The normalized spacial score (nSPS) is 16.4. The Bertz CT molecular complexity index is 1770. The first-order chi connectivity index (χ1) is 18.5. The van der Waals surface area contributed by atoms with Gasteiger partial charge in [0.1, 0.15) is 5.82 Å². The first kappa shape index (κ1) is 24.8. The predicted molar refractivity (Wildman–Crippen MR) is 151 cm³/mol. The first-order valence-corrected chi connectivity index (χ1v) is 14.0. The molecular weight excluding hydrogens is 567 g/mol. The molecule has 192 valence electrons. The van der Waals surface area contributed by atoms with Crippen LogP contribution in [-0.2, 0) is 6.42 Å². The van der Waals surface area contributed by atoms with Gasteiger partial charge in [0.25, 0.3) is 5.56 Å². The molecule has 2 aliphatic rings. The average Bonchev–Trinajstić information content (AvgIpc) is 3.23. The van der Waals surface area contributed by atoms with Gasteiger partial charge in [0, 0.05) is 5.56 Å². The number of nitrogens with zero attached hydrogens (tertiary/aromatic N) is 2. The molecule has 0 saturated heterocycles. The number of thiazole rings is 1. The molecule has 1 aromatic heterocycles. The minimum absolute atomic E-state index is 0.127. The standard InChI is InChI=1S/C30H24BrFN2O3S/c1-3-37-28-23(31)14-17(15-24(28)36-2)16-25-29(35)34-27(19-8-11-20(32)12-9-19)22-13-10-18-6-4-5-7-21(18)26(22)33-30(34)38-25/h4-9,11-12,14-16,27H,3,10,13H2,1-2H3. The average molecular weight is 592 g/mol. The van der Waals surface area contributed by atoms with Crippen LogP contribution >= 0.6 is 27.3 Å².